The van der Waals surface area contributed by atoms with Crippen molar-refractivity contribution in [3.05, 3.63) is 35.3 Å². The minimum Gasteiger partial charge on any atom is -0.618 e. The fourth-order valence-corrected chi connectivity index (χ4v) is 5.64. The molecule has 0 spiro atoms. The molecule has 0 aromatic carbocycles. The SMILES string of the molecule is O=C(COC(=O)c1cccc[n+]1[O-])NCC12CC3CC(CC(C3)C1)C2. The van der Waals surface area contributed by atoms with Crippen molar-refractivity contribution in [1.82, 2.24) is 5.32 Å². The minimum atomic E-state index is -0.777. The van der Waals surface area contributed by atoms with Crippen LogP contribution in [0.5, 0.6) is 0 Å². The first kappa shape index (κ1) is 16.4. The number of ether oxygens (including phenoxy) is 1. The van der Waals surface area contributed by atoms with E-state index in [1.165, 1.54) is 56.9 Å². The number of nitrogens with zero attached hydrogens (tertiary/aromatic N) is 1. The Bertz CT molecular complexity index is 652. The quantitative estimate of drug-likeness (QED) is 0.502. The molecule has 4 fully saturated rings. The van der Waals surface area contributed by atoms with Gasteiger partial charge in [-0.3, -0.25) is 4.79 Å². The summed E-state index contributed by atoms with van der Waals surface area (Å²) in [5.74, 6) is 1.45. The van der Waals surface area contributed by atoms with Gasteiger partial charge in [0.1, 0.15) is 0 Å². The lowest BCUT2D eigenvalue weighted by Crippen LogP contribution is -2.51. The number of carbonyl (C=O) groups is 2. The third-order valence-electron chi connectivity index (χ3n) is 6.19. The highest BCUT2D eigenvalue weighted by molar-refractivity contribution is 5.88. The maximum atomic E-state index is 12.1. The highest BCUT2D eigenvalue weighted by atomic mass is 16.5. The van der Waals surface area contributed by atoms with Gasteiger partial charge >= 0.3 is 11.7 Å². The van der Waals surface area contributed by atoms with E-state index in [2.05, 4.69) is 5.32 Å². The number of amides is 1. The number of nitrogens with one attached hydrogen (secondary N) is 1. The van der Waals surface area contributed by atoms with Gasteiger partial charge in [-0.2, -0.15) is 4.73 Å². The van der Waals surface area contributed by atoms with Gasteiger partial charge in [0.25, 0.3) is 5.91 Å². The summed E-state index contributed by atoms with van der Waals surface area (Å²) in [6.07, 6.45) is 9.01. The highest BCUT2D eigenvalue weighted by Crippen LogP contribution is 2.59. The van der Waals surface area contributed by atoms with Gasteiger partial charge in [-0.15, -0.1) is 0 Å². The fourth-order valence-electron chi connectivity index (χ4n) is 5.64. The van der Waals surface area contributed by atoms with E-state index in [4.69, 9.17) is 4.74 Å². The molecule has 1 amide bonds. The van der Waals surface area contributed by atoms with E-state index in [1.807, 2.05) is 0 Å². The molecule has 6 heteroatoms. The average molecular weight is 344 g/mol. The normalized spacial score (nSPS) is 32.4. The van der Waals surface area contributed by atoms with Crippen LogP contribution in [0.1, 0.15) is 49.0 Å². The summed E-state index contributed by atoms with van der Waals surface area (Å²) in [6.45, 7) is 0.333. The van der Waals surface area contributed by atoms with Gasteiger partial charge in [-0.05, 0) is 67.8 Å². The van der Waals surface area contributed by atoms with Crippen LogP contribution < -0.4 is 10.0 Å². The van der Waals surface area contributed by atoms with Crippen molar-refractivity contribution in [2.75, 3.05) is 13.2 Å². The molecule has 1 aromatic rings. The van der Waals surface area contributed by atoms with E-state index >= 15 is 0 Å². The second-order valence-corrected chi connectivity index (χ2v) is 8.18. The van der Waals surface area contributed by atoms with Gasteiger partial charge < -0.3 is 15.3 Å². The Balaban J connectivity index is 1.27. The standard InChI is InChI=1S/C19H24N2O4/c22-17(11-25-18(23)16-3-1-2-4-21(16)24)20-12-19-8-13-5-14(9-19)7-15(6-13)10-19/h1-4,13-15H,5-12H2,(H,20,22). The molecular weight excluding hydrogens is 320 g/mol. The van der Waals surface area contributed by atoms with Crippen LogP contribution in [0.4, 0.5) is 0 Å². The summed E-state index contributed by atoms with van der Waals surface area (Å²) in [5, 5.41) is 14.5. The van der Waals surface area contributed by atoms with Gasteiger partial charge in [0.2, 0.25) is 0 Å². The zero-order valence-corrected chi connectivity index (χ0v) is 14.3. The van der Waals surface area contributed by atoms with Gasteiger partial charge in [0.05, 0.1) is 0 Å². The van der Waals surface area contributed by atoms with E-state index in [-0.39, 0.29) is 23.6 Å². The molecular formula is C19H24N2O4. The van der Waals surface area contributed by atoms with Crippen LogP contribution in [0.15, 0.2) is 24.4 Å². The molecule has 4 aliphatic carbocycles. The molecule has 25 heavy (non-hydrogen) atoms. The van der Waals surface area contributed by atoms with E-state index in [1.54, 1.807) is 6.07 Å². The highest BCUT2D eigenvalue weighted by Gasteiger charge is 2.50. The maximum absolute atomic E-state index is 12.1. The summed E-state index contributed by atoms with van der Waals surface area (Å²) < 4.78 is 5.41. The topological polar surface area (TPSA) is 82.3 Å². The van der Waals surface area contributed by atoms with Crippen LogP contribution in [-0.2, 0) is 9.53 Å². The third kappa shape index (κ3) is 3.34. The van der Waals surface area contributed by atoms with Crippen LogP contribution in [0.25, 0.3) is 0 Å². The Morgan fingerprint density at radius 1 is 1.16 bits per heavy atom. The number of hydrogen-bond donors (Lipinski definition) is 1. The van der Waals surface area contributed by atoms with Gasteiger partial charge in [0, 0.05) is 18.7 Å². The lowest BCUT2D eigenvalue weighted by molar-refractivity contribution is -0.608. The van der Waals surface area contributed by atoms with Gasteiger partial charge in [0.15, 0.2) is 12.8 Å². The summed E-state index contributed by atoms with van der Waals surface area (Å²) in [5.41, 5.74) is 0.141. The average Bonchev–Trinajstić information content (AvgIpc) is 2.57. The molecule has 0 atom stereocenters. The van der Waals surface area contributed by atoms with Crippen LogP contribution in [-0.4, -0.2) is 25.0 Å². The summed E-state index contributed by atoms with van der Waals surface area (Å²) in [4.78, 5) is 24.0. The lowest BCUT2D eigenvalue weighted by atomic mass is 9.49. The van der Waals surface area contributed by atoms with Gasteiger partial charge in [-0.25, -0.2) is 4.79 Å². The Morgan fingerprint density at radius 2 is 1.80 bits per heavy atom. The van der Waals surface area contributed by atoms with E-state index in [0.717, 1.165) is 17.8 Å². The Labute approximate surface area is 147 Å². The first-order chi connectivity index (χ1) is 12.0. The smallest absolute Gasteiger partial charge is 0.405 e. The number of esters is 1. The van der Waals surface area contributed by atoms with E-state index in [9.17, 15) is 14.8 Å². The summed E-state index contributed by atoms with van der Waals surface area (Å²) >= 11 is 0. The van der Waals surface area contributed by atoms with Crippen molar-refractivity contribution in [3.63, 3.8) is 0 Å². The summed E-state index contributed by atoms with van der Waals surface area (Å²) in [6, 6.07) is 4.49. The molecule has 0 saturated heterocycles. The molecule has 4 aliphatic rings. The van der Waals surface area contributed by atoms with Crippen molar-refractivity contribution in [2.45, 2.75) is 38.5 Å². The lowest BCUT2D eigenvalue weighted by Gasteiger charge is -2.56. The third-order valence-corrected chi connectivity index (χ3v) is 6.19. The molecule has 1 heterocycles. The Morgan fingerprint density at radius 3 is 2.40 bits per heavy atom. The monoisotopic (exact) mass is 344 g/mol. The molecule has 5 rings (SSSR count). The van der Waals surface area contributed by atoms with Crippen molar-refractivity contribution in [2.24, 2.45) is 23.2 Å². The molecule has 1 aromatic heterocycles. The molecule has 1 N–H and O–H groups in total. The molecule has 4 saturated carbocycles. The largest absolute Gasteiger partial charge is 0.618 e. The second-order valence-electron chi connectivity index (χ2n) is 8.18. The molecule has 4 bridgehead atoms. The molecule has 0 unspecified atom stereocenters. The van der Waals surface area contributed by atoms with Crippen molar-refractivity contribution in [1.29, 1.82) is 0 Å². The van der Waals surface area contributed by atoms with Crippen LogP contribution in [0.2, 0.25) is 0 Å². The zero-order chi connectivity index (χ0) is 17.4. The molecule has 0 aliphatic heterocycles. The van der Waals surface area contributed by atoms with Crippen LogP contribution in [0, 0.1) is 28.4 Å². The molecule has 134 valence electrons. The number of hydrogen-bond acceptors (Lipinski definition) is 4. The minimum absolute atomic E-state index is 0.114. The number of aromatic nitrogens is 1. The first-order valence-corrected chi connectivity index (χ1v) is 9.15. The predicted octanol–water partition coefficient (Wildman–Crippen LogP) is 1.81. The van der Waals surface area contributed by atoms with Crippen molar-refractivity contribution >= 4 is 11.9 Å². The predicted molar refractivity (Wildman–Crippen MR) is 89.3 cm³/mol. The molecule has 6 nitrogen and oxygen atoms in total. The summed E-state index contributed by atoms with van der Waals surface area (Å²) in [7, 11) is 0. The maximum Gasteiger partial charge on any atom is 0.405 e. The zero-order valence-electron chi connectivity index (χ0n) is 14.3. The number of rotatable bonds is 5. The van der Waals surface area contributed by atoms with E-state index < -0.39 is 5.97 Å². The van der Waals surface area contributed by atoms with Crippen molar-refractivity contribution < 1.29 is 19.1 Å². The first-order valence-electron chi connectivity index (χ1n) is 9.15. The Hall–Kier alpha value is -2.11. The number of carbonyl (C=O) groups excluding carboxylic acids is 2. The molecule has 0 radical (unpaired) electrons. The second kappa shape index (κ2) is 6.32. The van der Waals surface area contributed by atoms with E-state index in [0.29, 0.717) is 11.3 Å². The Kier molecular flexibility index (Phi) is 4.13. The van der Waals surface area contributed by atoms with Crippen molar-refractivity contribution in [3.8, 4) is 0 Å². The van der Waals surface area contributed by atoms with Crippen LogP contribution >= 0.6 is 0 Å². The van der Waals surface area contributed by atoms with Gasteiger partial charge in [-0.1, -0.05) is 0 Å². The fraction of sp³-hybridized carbons (Fsp3) is 0.632. The van der Waals surface area contributed by atoms with Crippen LogP contribution in [0.3, 0.4) is 0 Å². The number of pyridine rings is 1.